The highest BCUT2D eigenvalue weighted by Crippen LogP contribution is 2.26. The lowest BCUT2D eigenvalue weighted by Crippen LogP contribution is -2.31. The molecule has 0 radical (unpaired) electrons. The number of hydrogen-bond acceptors (Lipinski definition) is 7. The van der Waals surface area contributed by atoms with Gasteiger partial charge in [-0.05, 0) is 13.8 Å². The monoisotopic (exact) mass is 334 g/mol. The summed E-state index contributed by atoms with van der Waals surface area (Å²) in [5.41, 5.74) is 0.789. The van der Waals surface area contributed by atoms with Gasteiger partial charge in [-0.2, -0.15) is 0 Å². The zero-order chi connectivity index (χ0) is 16.4. The minimum Gasteiger partial charge on any atom is -0.477 e. The van der Waals surface area contributed by atoms with Gasteiger partial charge in [-0.3, -0.25) is 4.79 Å². The molecule has 1 amide bonds. The van der Waals surface area contributed by atoms with Crippen LogP contribution in [-0.2, 0) is 0 Å². The maximum Gasteiger partial charge on any atom is 0.278 e. The van der Waals surface area contributed by atoms with Crippen LogP contribution in [0.25, 0.3) is 0 Å². The highest BCUT2D eigenvalue weighted by molar-refractivity contribution is 7.13. The number of thiazole rings is 1. The van der Waals surface area contributed by atoms with Crippen LogP contribution < -0.4 is 9.47 Å². The van der Waals surface area contributed by atoms with E-state index in [0.29, 0.717) is 29.7 Å². The molecule has 1 aliphatic heterocycles. The van der Waals surface area contributed by atoms with Gasteiger partial charge in [0.25, 0.3) is 17.7 Å². The van der Waals surface area contributed by atoms with E-state index in [1.807, 2.05) is 13.8 Å². The topological polar surface area (TPSA) is 77.4 Å². The zero-order valence-electron chi connectivity index (χ0n) is 13.3. The fourth-order valence-corrected chi connectivity index (χ4v) is 3.46. The van der Waals surface area contributed by atoms with Gasteiger partial charge < -0.3 is 14.4 Å². The highest BCUT2D eigenvalue weighted by atomic mass is 32.1. The number of aryl methyl sites for hydroxylation is 2. The number of methoxy groups -OCH3 is 1. The van der Waals surface area contributed by atoms with E-state index >= 15 is 0 Å². The normalized spacial score (nSPS) is 17.3. The van der Waals surface area contributed by atoms with Crippen LogP contribution in [0.15, 0.2) is 12.4 Å². The molecule has 8 heteroatoms. The SMILES string of the molecule is COc1nccnc1OC1CCN(C(=O)c2sc(C)nc2C)C1. The van der Waals surface area contributed by atoms with Gasteiger partial charge in [0.1, 0.15) is 11.0 Å². The van der Waals surface area contributed by atoms with Gasteiger partial charge in [-0.1, -0.05) is 0 Å². The number of amides is 1. The Kier molecular flexibility index (Phi) is 4.42. The molecule has 122 valence electrons. The first-order valence-corrected chi connectivity index (χ1v) is 8.15. The minimum atomic E-state index is -0.112. The first-order chi connectivity index (χ1) is 11.1. The first-order valence-electron chi connectivity index (χ1n) is 7.33. The number of likely N-dealkylation sites (tertiary alicyclic amines) is 1. The molecule has 2 aromatic heterocycles. The Labute approximate surface area is 138 Å². The number of carbonyl (C=O) groups is 1. The number of ether oxygens (including phenoxy) is 2. The molecule has 3 heterocycles. The fourth-order valence-electron chi connectivity index (χ4n) is 2.57. The summed E-state index contributed by atoms with van der Waals surface area (Å²) in [5, 5.41) is 0.905. The summed E-state index contributed by atoms with van der Waals surface area (Å²) in [7, 11) is 1.52. The van der Waals surface area contributed by atoms with Gasteiger partial charge in [0.2, 0.25) is 0 Å². The van der Waals surface area contributed by atoms with Crippen LogP contribution in [0.3, 0.4) is 0 Å². The van der Waals surface area contributed by atoms with Crippen LogP contribution in [0, 0.1) is 13.8 Å². The predicted octanol–water partition coefficient (Wildman–Crippen LogP) is 1.85. The molecule has 1 fully saturated rings. The van der Waals surface area contributed by atoms with Crippen molar-refractivity contribution in [2.75, 3.05) is 20.2 Å². The summed E-state index contributed by atoms with van der Waals surface area (Å²) in [6.07, 6.45) is 3.74. The number of nitrogens with zero attached hydrogens (tertiary/aromatic N) is 4. The Morgan fingerprint density at radius 3 is 2.70 bits per heavy atom. The zero-order valence-corrected chi connectivity index (χ0v) is 14.1. The predicted molar refractivity (Wildman–Crippen MR) is 85.1 cm³/mol. The average Bonchev–Trinajstić information content (AvgIpc) is 3.13. The van der Waals surface area contributed by atoms with Crippen LogP contribution in [0.5, 0.6) is 11.8 Å². The number of hydrogen-bond donors (Lipinski definition) is 0. The van der Waals surface area contributed by atoms with Crippen LogP contribution in [-0.4, -0.2) is 52.1 Å². The average molecular weight is 334 g/mol. The quantitative estimate of drug-likeness (QED) is 0.849. The molecule has 2 aromatic rings. The standard InChI is InChI=1S/C15H18N4O3S/c1-9-12(23-10(2)18-9)15(20)19-7-4-11(8-19)22-14-13(21-3)16-5-6-17-14/h5-6,11H,4,7-8H2,1-3H3. The van der Waals surface area contributed by atoms with Crippen molar-refractivity contribution in [3.05, 3.63) is 28.0 Å². The molecular weight excluding hydrogens is 316 g/mol. The van der Waals surface area contributed by atoms with Gasteiger partial charge in [0, 0.05) is 25.4 Å². The van der Waals surface area contributed by atoms with Crippen LogP contribution in [0.2, 0.25) is 0 Å². The maximum absolute atomic E-state index is 12.6. The Morgan fingerprint density at radius 1 is 1.30 bits per heavy atom. The molecule has 1 saturated heterocycles. The van der Waals surface area contributed by atoms with Crippen LogP contribution >= 0.6 is 11.3 Å². The third kappa shape index (κ3) is 3.26. The van der Waals surface area contributed by atoms with E-state index in [0.717, 1.165) is 17.1 Å². The molecule has 23 heavy (non-hydrogen) atoms. The molecule has 1 aliphatic rings. The van der Waals surface area contributed by atoms with E-state index < -0.39 is 0 Å². The van der Waals surface area contributed by atoms with Crippen molar-refractivity contribution in [3.8, 4) is 11.8 Å². The van der Waals surface area contributed by atoms with Gasteiger partial charge in [0.15, 0.2) is 0 Å². The van der Waals surface area contributed by atoms with E-state index in [2.05, 4.69) is 15.0 Å². The van der Waals surface area contributed by atoms with Gasteiger partial charge in [-0.25, -0.2) is 15.0 Å². The van der Waals surface area contributed by atoms with Gasteiger partial charge >= 0.3 is 0 Å². The Balaban J connectivity index is 1.66. The van der Waals surface area contributed by atoms with E-state index in [1.165, 1.54) is 18.4 Å². The molecule has 0 bridgehead atoms. The second-order valence-electron chi connectivity index (χ2n) is 5.30. The lowest BCUT2D eigenvalue weighted by Gasteiger charge is -2.17. The molecule has 1 atom stereocenters. The first kappa shape index (κ1) is 15.7. The summed E-state index contributed by atoms with van der Waals surface area (Å²) >= 11 is 1.44. The minimum absolute atomic E-state index is 0.0188. The summed E-state index contributed by atoms with van der Waals surface area (Å²) in [4.78, 5) is 27.6. The van der Waals surface area contributed by atoms with Crippen molar-refractivity contribution < 1.29 is 14.3 Å². The van der Waals surface area contributed by atoms with Crippen molar-refractivity contribution >= 4 is 17.2 Å². The van der Waals surface area contributed by atoms with E-state index in [-0.39, 0.29) is 12.0 Å². The lowest BCUT2D eigenvalue weighted by atomic mass is 10.3. The molecule has 3 rings (SSSR count). The summed E-state index contributed by atoms with van der Waals surface area (Å²) in [6.45, 7) is 4.95. The van der Waals surface area contributed by atoms with Crippen molar-refractivity contribution in [1.82, 2.24) is 19.9 Å². The number of carbonyl (C=O) groups excluding carboxylic acids is 1. The number of rotatable bonds is 4. The summed E-state index contributed by atoms with van der Waals surface area (Å²) < 4.78 is 11.0. The van der Waals surface area contributed by atoms with E-state index in [4.69, 9.17) is 9.47 Å². The Morgan fingerprint density at radius 2 is 2.04 bits per heavy atom. The third-order valence-electron chi connectivity index (χ3n) is 3.63. The molecule has 7 nitrogen and oxygen atoms in total. The van der Waals surface area contributed by atoms with Crippen LogP contribution in [0.4, 0.5) is 0 Å². The molecule has 1 unspecified atom stereocenters. The van der Waals surface area contributed by atoms with Crippen molar-refractivity contribution in [2.24, 2.45) is 0 Å². The molecule has 0 N–H and O–H groups in total. The maximum atomic E-state index is 12.6. The van der Waals surface area contributed by atoms with E-state index in [1.54, 1.807) is 17.3 Å². The van der Waals surface area contributed by atoms with E-state index in [9.17, 15) is 4.79 Å². The third-order valence-corrected chi connectivity index (χ3v) is 4.70. The largest absolute Gasteiger partial charge is 0.477 e. The second kappa shape index (κ2) is 6.49. The summed E-state index contributed by atoms with van der Waals surface area (Å²) in [6, 6.07) is 0. The Bertz CT molecular complexity index is 718. The van der Waals surface area contributed by atoms with Crippen molar-refractivity contribution in [3.63, 3.8) is 0 Å². The Hall–Kier alpha value is -2.22. The second-order valence-corrected chi connectivity index (χ2v) is 6.50. The van der Waals surface area contributed by atoms with Gasteiger partial charge in [-0.15, -0.1) is 11.3 Å². The van der Waals surface area contributed by atoms with Crippen molar-refractivity contribution in [2.45, 2.75) is 26.4 Å². The van der Waals surface area contributed by atoms with Crippen LogP contribution in [0.1, 0.15) is 26.8 Å². The fraction of sp³-hybridized carbons (Fsp3) is 0.467. The summed E-state index contributed by atoms with van der Waals surface area (Å²) in [5.74, 6) is 0.732. The van der Waals surface area contributed by atoms with Crippen molar-refractivity contribution in [1.29, 1.82) is 0 Å². The molecule has 0 spiro atoms. The highest BCUT2D eigenvalue weighted by Gasteiger charge is 2.31. The number of aromatic nitrogens is 3. The molecule has 0 saturated carbocycles. The molecule has 0 aliphatic carbocycles. The molecule has 0 aromatic carbocycles. The van der Waals surface area contributed by atoms with Gasteiger partial charge in [0.05, 0.1) is 24.4 Å². The lowest BCUT2D eigenvalue weighted by molar-refractivity contribution is 0.0774. The smallest absolute Gasteiger partial charge is 0.278 e. The molecular formula is C15H18N4O3S.